The van der Waals surface area contributed by atoms with Gasteiger partial charge in [0.1, 0.15) is 24.0 Å². The summed E-state index contributed by atoms with van der Waals surface area (Å²) >= 11 is 0. The molecule has 2 rings (SSSR count). The molecule has 0 aromatic heterocycles. The van der Waals surface area contributed by atoms with E-state index in [1.165, 1.54) is 12.0 Å². The number of aryl methyl sites for hydroxylation is 2. The van der Waals surface area contributed by atoms with Crippen LogP contribution in [0.15, 0.2) is 42.5 Å². The number of benzene rings is 2. The maximum Gasteiger partial charge on any atom is 0.410 e. The quantitative estimate of drug-likeness (QED) is 0.592. The van der Waals surface area contributed by atoms with Gasteiger partial charge in [-0.05, 0) is 69.0 Å². The van der Waals surface area contributed by atoms with Crippen molar-refractivity contribution in [3.05, 3.63) is 64.7 Å². The number of likely N-dealkylation sites (N-methyl/N-ethyl adjacent to an activating group) is 1. The van der Waals surface area contributed by atoms with Gasteiger partial charge >= 0.3 is 12.1 Å². The molecular formula is C25H33NO5. The molecule has 0 aliphatic heterocycles. The number of hydrogen-bond donors (Lipinski definition) is 0. The van der Waals surface area contributed by atoms with E-state index < -0.39 is 23.7 Å². The molecule has 1 atom stereocenters. The zero-order valence-electron chi connectivity index (χ0n) is 19.5. The van der Waals surface area contributed by atoms with Crippen LogP contribution >= 0.6 is 0 Å². The summed E-state index contributed by atoms with van der Waals surface area (Å²) < 4.78 is 16.3. The van der Waals surface area contributed by atoms with Crippen molar-refractivity contribution >= 4 is 12.1 Å². The van der Waals surface area contributed by atoms with E-state index in [4.69, 9.17) is 14.2 Å². The fourth-order valence-corrected chi connectivity index (χ4v) is 3.27. The van der Waals surface area contributed by atoms with Gasteiger partial charge in [-0.1, -0.05) is 30.3 Å². The molecule has 6 heteroatoms. The minimum atomic E-state index is -0.798. The van der Waals surface area contributed by atoms with E-state index in [1.807, 2.05) is 56.3 Å². The molecule has 0 bridgehead atoms. The highest BCUT2D eigenvalue weighted by atomic mass is 16.6. The van der Waals surface area contributed by atoms with Crippen molar-refractivity contribution in [3.8, 4) is 5.75 Å². The van der Waals surface area contributed by atoms with Crippen molar-refractivity contribution in [1.82, 2.24) is 4.90 Å². The number of carbonyl (C=O) groups excluding carboxylic acids is 2. The molecular weight excluding hydrogens is 394 g/mol. The van der Waals surface area contributed by atoms with E-state index in [0.717, 1.165) is 28.0 Å². The number of methoxy groups -OCH3 is 1. The third-order valence-electron chi connectivity index (χ3n) is 4.94. The van der Waals surface area contributed by atoms with Crippen LogP contribution in [0.1, 0.15) is 43.0 Å². The monoisotopic (exact) mass is 427 g/mol. The van der Waals surface area contributed by atoms with Crippen molar-refractivity contribution in [1.29, 1.82) is 0 Å². The first-order valence-corrected chi connectivity index (χ1v) is 10.3. The lowest BCUT2D eigenvalue weighted by atomic mass is 9.95. The zero-order valence-corrected chi connectivity index (χ0v) is 19.5. The average molecular weight is 428 g/mol. The molecule has 168 valence electrons. The number of hydrogen-bond acceptors (Lipinski definition) is 5. The molecule has 2 aromatic carbocycles. The smallest absolute Gasteiger partial charge is 0.410 e. The Morgan fingerprint density at radius 3 is 2.13 bits per heavy atom. The zero-order chi connectivity index (χ0) is 23.2. The van der Waals surface area contributed by atoms with Crippen LogP contribution in [0.25, 0.3) is 0 Å². The summed E-state index contributed by atoms with van der Waals surface area (Å²) in [6.07, 6.45) is -0.250. The molecule has 1 amide bonds. The summed E-state index contributed by atoms with van der Waals surface area (Å²) in [7, 11) is 2.87. The first kappa shape index (κ1) is 24.3. The lowest BCUT2D eigenvalue weighted by molar-refractivity contribution is -0.146. The second kappa shape index (κ2) is 10.3. The summed E-state index contributed by atoms with van der Waals surface area (Å²) in [5.74, 6) is 0.272. The molecule has 6 nitrogen and oxygen atoms in total. The van der Waals surface area contributed by atoms with Gasteiger partial charge in [0.25, 0.3) is 0 Å². The minimum absolute atomic E-state index is 0.319. The van der Waals surface area contributed by atoms with Gasteiger partial charge in [0.05, 0.1) is 7.11 Å². The molecule has 0 saturated heterocycles. The van der Waals surface area contributed by atoms with E-state index >= 15 is 0 Å². The lowest BCUT2D eigenvalue weighted by Crippen LogP contribution is -2.46. The fraction of sp³-hybridized carbons (Fsp3) is 0.440. The standard InChI is InChI=1S/C25H33NO5/c1-17-13-20(30-16-19-11-9-8-10-12-19)14-18(2)21(17)15-22(23(27)29-7)26(6)24(28)31-25(3,4)5/h8-14,22H,15-16H2,1-7H3/t22-/m0/s1. The van der Waals surface area contributed by atoms with Crippen LogP contribution in [0, 0.1) is 13.8 Å². The third-order valence-corrected chi connectivity index (χ3v) is 4.94. The Morgan fingerprint density at radius 2 is 1.61 bits per heavy atom. The Balaban J connectivity index is 2.20. The predicted octanol–water partition coefficient (Wildman–Crippen LogP) is 4.83. The normalized spacial score (nSPS) is 12.1. The van der Waals surface area contributed by atoms with Crippen molar-refractivity contribution in [2.45, 2.75) is 59.3 Å². The number of nitrogens with zero attached hydrogens (tertiary/aromatic N) is 1. The van der Waals surface area contributed by atoms with E-state index in [0.29, 0.717) is 13.0 Å². The van der Waals surface area contributed by atoms with E-state index in [-0.39, 0.29) is 0 Å². The average Bonchev–Trinajstić information content (AvgIpc) is 2.70. The second-order valence-electron chi connectivity index (χ2n) is 8.64. The van der Waals surface area contributed by atoms with Crippen molar-refractivity contribution < 1.29 is 23.8 Å². The maximum atomic E-state index is 12.5. The van der Waals surface area contributed by atoms with E-state index in [2.05, 4.69) is 0 Å². The Bertz CT molecular complexity index is 879. The number of esters is 1. The Hall–Kier alpha value is -3.02. The topological polar surface area (TPSA) is 65.1 Å². The van der Waals surface area contributed by atoms with Gasteiger partial charge < -0.3 is 14.2 Å². The highest BCUT2D eigenvalue weighted by molar-refractivity contribution is 5.81. The number of carbonyl (C=O) groups is 2. The number of ether oxygens (including phenoxy) is 3. The summed E-state index contributed by atoms with van der Waals surface area (Å²) in [6.45, 7) is 9.78. The van der Waals surface area contributed by atoms with Gasteiger partial charge in [-0.25, -0.2) is 9.59 Å². The number of rotatable bonds is 7. The largest absolute Gasteiger partial charge is 0.489 e. The van der Waals surface area contributed by atoms with Crippen LogP contribution in [0.5, 0.6) is 5.75 Å². The molecule has 0 aliphatic rings. The van der Waals surface area contributed by atoms with E-state index in [9.17, 15) is 9.59 Å². The molecule has 0 N–H and O–H groups in total. The van der Waals surface area contributed by atoms with Crippen molar-refractivity contribution in [3.63, 3.8) is 0 Å². The fourth-order valence-electron chi connectivity index (χ4n) is 3.27. The lowest BCUT2D eigenvalue weighted by Gasteiger charge is -2.30. The molecule has 31 heavy (non-hydrogen) atoms. The Morgan fingerprint density at radius 1 is 1.03 bits per heavy atom. The summed E-state index contributed by atoms with van der Waals surface area (Å²) in [5.41, 5.74) is 3.36. The molecule has 0 fully saturated rings. The molecule has 0 saturated carbocycles. The van der Waals surface area contributed by atoms with Crippen molar-refractivity contribution in [2.24, 2.45) is 0 Å². The highest BCUT2D eigenvalue weighted by Crippen LogP contribution is 2.25. The summed E-state index contributed by atoms with van der Waals surface area (Å²) in [4.78, 5) is 26.3. The first-order chi connectivity index (χ1) is 14.5. The number of amides is 1. The predicted molar refractivity (Wildman–Crippen MR) is 120 cm³/mol. The highest BCUT2D eigenvalue weighted by Gasteiger charge is 2.32. The SMILES string of the molecule is COC(=O)[C@H](Cc1c(C)cc(OCc2ccccc2)cc1C)N(C)C(=O)OC(C)(C)C. The van der Waals surface area contributed by atoms with E-state index in [1.54, 1.807) is 27.8 Å². The van der Waals surface area contributed by atoms with Crippen molar-refractivity contribution in [2.75, 3.05) is 14.2 Å². The van der Waals surface area contributed by atoms with Gasteiger partial charge in [0.2, 0.25) is 0 Å². The molecule has 2 aromatic rings. The van der Waals surface area contributed by atoms with Crippen LogP contribution in [-0.2, 0) is 27.3 Å². The second-order valence-corrected chi connectivity index (χ2v) is 8.64. The summed E-state index contributed by atoms with van der Waals surface area (Å²) in [5, 5.41) is 0. The van der Waals surface area contributed by atoms with Crippen LogP contribution < -0.4 is 4.74 Å². The van der Waals surface area contributed by atoms with Gasteiger partial charge in [-0.2, -0.15) is 0 Å². The van der Waals surface area contributed by atoms with Crippen LogP contribution in [-0.4, -0.2) is 42.8 Å². The molecule has 0 heterocycles. The van der Waals surface area contributed by atoms with Crippen LogP contribution in [0.4, 0.5) is 4.79 Å². The Kier molecular flexibility index (Phi) is 8.08. The van der Waals surface area contributed by atoms with Gasteiger partial charge in [-0.3, -0.25) is 4.90 Å². The molecule has 0 radical (unpaired) electrons. The first-order valence-electron chi connectivity index (χ1n) is 10.3. The van der Waals surface area contributed by atoms with Crippen LogP contribution in [0.3, 0.4) is 0 Å². The minimum Gasteiger partial charge on any atom is -0.489 e. The molecule has 0 unspecified atom stereocenters. The third kappa shape index (κ3) is 7.02. The maximum absolute atomic E-state index is 12.5. The van der Waals surface area contributed by atoms with Gasteiger partial charge in [0, 0.05) is 13.5 Å². The Labute approximate surface area is 185 Å². The van der Waals surface area contributed by atoms with Gasteiger partial charge in [-0.15, -0.1) is 0 Å². The molecule has 0 aliphatic carbocycles. The molecule has 0 spiro atoms. The summed E-state index contributed by atoms with van der Waals surface area (Å²) in [6, 6.07) is 13.1. The van der Waals surface area contributed by atoms with Gasteiger partial charge in [0.15, 0.2) is 0 Å². The van der Waals surface area contributed by atoms with Crippen LogP contribution in [0.2, 0.25) is 0 Å².